The van der Waals surface area contributed by atoms with Gasteiger partial charge in [-0.3, -0.25) is 9.59 Å². The number of hydrazone groups is 2. The van der Waals surface area contributed by atoms with Crippen molar-refractivity contribution in [1.29, 1.82) is 0 Å². The molecule has 0 aliphatic rings. The predicted octanol–water partition coefficient (Wildman–Crippen LogP) is 6.10. The molecule has 0 aromatic heterocycles. The number of carbonyl (C=O) groups excluding carboxylic acids is 2. The van der Waals surface area contributed by atoms with E-state index >= 15 is 0 Å². The van der Waals surface area contributed by atoms with Crippen LogP contribution >= 0.6 is 63.7 Å². The minimum Gasteiger partial charge on any atom is -0.871 e. The van der Waals surface area contributed by atoms with Crippen LogP contribution in [0.5, 0.6) is 11.5 Å². The number of hydrogen-bond donors (Lipinski definition) is 2. The first-order valence-corrected chi connectivity index (χ1v) is 14.4. The van der Waals surface area contributed by atoms with E-state index in [0.29, 0.717) is 31.2 Å². The standard InChI is InChI=1S/2C14H10Br2N2O2.Cu/c2*15-11-6-10(13(19)12(16)7-11)8-17-18-14(20)9-4-2-1-3-5-9;/h2*1-8,19H,(H,18,20);/q;;+2/p-2/b2*17-8+;. The summed E-state index contributed by atoms with van der Waals surface area (Å²) in [5.41, 5.74) is 6.50. The Morgan fingerprint density at radius 2 is 0.951 bits per heavy atom. The van der Waals surface area contributed by atoms with Crippen molar-refractivity contribution < 1.29 is 36.9 Å². The molecule has 4 aromatic carbocycles. The molecule has 2 N–H and O–H groups in total. The topological polar surface area (TPSA) is 129 Å². The zero-order chi connectivity index (χ0) is 29.1. The Morgan fingerprint density at radius 1 is 0.610 bits per heavy atom. The van der Waals surface area contributed by atoms with Crippen molar-refractivity contribution in [2.24, 2.45) is 10.2 Å². The Labute approximate surface area is 280 Å². The summed E-state index contributed by atoms with van der Waals surface area (Å²) in [4.78, 5) is 23.5. The van der Waals surface area contributed by atoms with Crippen molar-refractivity contribution in [3.8, 4) is 11.5 Å². The van der Waals surface area contributed by atoms with E-state index in [-0.39, 0.29) is 40.4 Å². The summed E-state index contributed by atoms with van der Waals surface area (Å²) in [7, 11) is 0. The Hall–Kier alpha value is -2.80. The van der Waals surface area contributed by atoms with Gasteiger partial charge in [0.15, 0.2) is 0 Å². The molecule has 0 spiro atoms. The first-order chi connectivity index (χ1) is 19.2. The second-order valence-corrected chi connectivity index (χ2v) is 11.3. The van der Waals surface area contributed by atoms with Gasteiger partial charge < -0.3 is 10.2 Å². The molecule has 13 heteroatoms. The van der Waals surface area contributed by atoms with Crippen LogP contribution in [-0.2, 0) is 17.1 Å². The summed E-state index contributed by atoms with van der Waals surface area (Å²) in [5.74, 6) is -1.04. The summed E-state index contributed by atoms with van der Waals surface area (Å²) >= 11 is 12.9. The van der Waals surface area contributed by atoms with Gasteiger partial charge in [0.2, 0.25) is 0 Å². The molecule has 0 unspecified atom stereocenters. The van der Waals surface area contributed by atoms with Crippen molar-refractivity contribution in [2.75, 3.05) is 0 Å². The summed E-state index contributed by atoms with van der Waals surface area (Å²) in [6.07, 6.45) is 2.64. The molecule has 0 saturated carbocycles. The minimum atomic E-state index is -0.330. The fourth-order valence-corrected chi connectivity index (χ4v) is 5.50. The maximum absolute atomic E-state index is 11.8. The van der Waals surface area contributed by atoms with Gasteiger partial charge in [-0.25, -0.2) is 10.9 Å². The van der Waals surface area contributed by atoms with Gasteiger partial charge in [0, 0.05) is 29.0 Å². The van der Waals surface area contributed by atoms with Crippen LogP contribution in [0.3, 0.4) is 0 Å². The van der Waals surface area contributed by atoms with Crippen LogP contribution in [0.2, 0.25) is 0 Å². The summed E-state index contributed by atoms with van der Waals surface area (Å²) < 4.78 is 2.37. The Balaban J connectivity index is 0.000000280. The van der Waals surface area contributed by atoms with Crippen molar-refractivity contribution in [1.82, 2.24) is 10.9 Å². The van der Waals surface area contributed by atoms with E-state index in [1.807, 2.05) is 12.1 Å². The number of halogens is 4. The first kappa shape index (κ1) is 34.4. The van der Waals surface area contributed by atoms with Crippen LogP contribution in [0.1, 0.15) is 31.8 Å². The van der Waals surface area contributed by atoms with Gasteiger partial charge in [0.25, 0.3) is 11.8 Å². The molecule has 8 nitrogen and oxygen atoms in total. The van der Waals surface area contributed by atoms with Crippen molar-refractivity contribution in [3.63, 3.8) is 0 Å². The summed E-state index contributed by atoms with van der Waals surface area (Å²) in [6, 6.07) is 24.0. The monoisotopic (exact) mass is 853 g/mol. The van der Waals surface area contributed by atoms with Gasteiger partial charge in [-0.05, 0) is 59.7 Å². The molecule has 1 radical (unpaired) electrons. The van der Waals surface area contributed by atoms with Gasteiger partial charge in [-0.2, -0.15) is 10.2 Å². The van der Waals surface area contributed by atoms with Crippen LogP contribution in [0, 0.1) is 0 Å². The van der Waals surface area contributed by atoms with Gasteiger partial charge in [-0.1, -0.05) is 112 Å². The summed E-state index contributed by atoms with van der Waals surface area (Å²) in [5, 5.41) is 31.2. The van der Waals surface area contributed by atoms with Crippen molar-refractivity contribution >= 4 is 88.0 Å². The second-order valence-electron chi connectivity index (χ2n) is 7.74. The molecule has 4 aromatic rings. The molecule has 4 rings (SSSR count). The van der Waals surface area contributed by atoms with Gasteiger partial charge in [0.1, 0.15) is 0 Å². The fraction of sp³-hybridized carbons (Fsp3) is 0. The van der Waals surface area contributed by atoms with Crippen LogP contribution < -0.4 is 21.1 Å². The molecular formula is C28H18Br4CuN4O4. The zero-order valence-electron chi connectivity index (χ0n) is 20.6. The number of carbonyl (C=O) groups is 2. The van der Waals surface area contributed by atoms with E-state index < -0.39 is 0 Å². The molecule has 41 heavy (non-hydrogen) atoms. The van der Waals surface area contributed by atoms with Gasteiger partial charge in [0.05, 0.1) is 12.4 Å². The fourth-order valence-electron chi connectivity index (χ4n) is 2.98. The molecule has 2 amide bonds. The van der Waals surface area contributed by atoms with Crippen molar-refractivity contribution in [3.05, 3.63) is 125 Å². The maximum Gasteiger partial charge on any atom is 2.00 e. The van der Waals surface area contributed by atoms with E-state index in [1.165, 1.54) is 12.4 Å². The molecule has 0 aliphatic heterocycles. The molecular weight excluding hydrogens is 839 g/mol. The molecule has 0 saturated heterocycles. The van der Waals surface area contributed by atoms with E-state index in [1.54, 1.807) is 72.8 Å². The number of nitrogens with zero attached hydrogens (tertiary/aromatic N) is 2. The normalized spacial score (nSPS) is 10.4. The average molecular weight is 858 g/mol. The Morgan fingerprint density at radius 3 is 1.29 bits per heavy atom. The molecule has 0 heterocycles. The van der Waals surface area contributed by atoms with Gasteiger partial charge >= 0.3 is 17.1 Å². The Kier molecular flexibility index (Phi) is 14.5. The van der Waals surface area contributed by atoms with E-state index in [9.17, 15) is 19.8 Å². The van der Waals surface area contributed by atoms with E-state index in [0.717, 1.165) is 8.95 Å². The van der Waals surface area contributed by atoms with E-state index in [4.69, 9.17) is 0 Å². The number of amides is 2. The molecule has 0 fully saturated rings. The first-order valence-electron chi connectivity index (χ1n) is 11.2. The Bertz CT molecular complexity index is 1440. The molecule has 0 bridgehead atoms. The smallest absolute Gasteiger partial charge is 0.871 e. The van der Waals surface area contributed by atoms with Crippen molar-refractivity contribution in [2.45, 2.75) is 0 Å². The van der Waals surface area contributed by atoms with Crippen LogP contribution in [0.4, 0.5) is 0 Å². The minimum absolute atomic E-state index is 0. The van der Waals surface area contributed by atoms with Gasteiger partial charge in [-0.15, -0.1) is 0 Å². The van der Waals surface area contributed by atoms with Crippen LogP contribution in [0.15, 0.2) is 113 Å². The maximum atomic E-state index is 11.8. The second kappa shape index (κ2) is 17.2. The third-order valence-electron chi connectivity index (χ3n) is 4.89. The third-order valence-corrected chi connectivity index (χ3v) is 6.98. The predicted molar refractivity (Wildman–Crippen MR) is 166 cm³/mol. The quantitative estimate of drug-likeness (QED) is 0.138. The average Bonchev–Trinajstić information content (AvgIpc) is 2.95. The number of rotatable bonds is 6. The molecule has 0 aliphatic carbocycles. The third kappa shape index (κ3) is 10.8. The SMILES string of the molecule is O=C(N/N=C/c1cc(Br)cc(Br)c1[O-])c1ccccc1.O=C(N/N=C/c1cc(Br)cc(Br)c1[O-])c1ccccc1.[Cu+2]. The van der Waals surface area contributed by atoms with E-state index in [2.05, 4.69) is 84.8 Å². The number of nitrogens with one attached hydrogen (secondary N) is 2. The zero-order valence-corrected chi connectivity index (χ0v) is 27.9. The molecule has 213 valence electrons. The summed E-state index contributed by atoms with van der Waals surface area (Å²) in [6.45, 7) is 0. The van der Waals surface area contributed by atoms with Crippen LogP contribution in [-0.4, -0.2) is 24.2 Å². The number of benzene rings is 4. The largest absolute Gasteiger partial charge is 2.00 e. The van der Waals surface area contributed by atoms with Crippen LogP contribution in [0.25, 0.3) is 0 Å². The number of hydrogen-bond acceptors (Lipinski definition) is 6. The molecule has 0 atom stereocenters.